The van der Waals surface area contributed by atoms with E-state index in [-0.39, 0.29) is 18.3 Å². The summed E-state index contributed by atoms with van der Waals surface area (Å²) in [7, 11) is 1.81. The molecule has 152 valence electrons. The van der Waals surface area contributed by atoms with E-state index in [9.17, 15) is 14.9 Å². The number of fused-ring (bicyclic) bond motifs is 1. The van der Waals surface area contributed by atoms with Gasteiger partial charge in [-0.05, 0) is 48.3 Å². The van der Waals surface area contributed by atoms with Crippen molar-refractivity contribution in [2.24, 2.45) is 7.05 Å². The quantitative estimate of drug-likeness (QED) is 0.652. The molecule has 0 spiro atoms. The van der Waals surface area contributed by atoms with Gasteiger partial charge in [-0.25, -0.2) is 9.78 Å². The van der Waals surface area contributed by atoms with Crippen LogP contribution >= 0.6 is 15.9 Å². The van der Waals surface area contributed by atoms with E-state index in [1.54, 1.807) is 27.7 Å². The highest BCUT2D eigenvalue weighted by Crippen LogP contribution is 2.24. The maximum Gasteiger partial charge on any atom is 0.410 e. The Bertz CT molecular complexity index is 1010. The first-order chi connectivity index (χ1) is 13.6. The molecule has 0 N–H and O–H groups in total. The van der Waals surface area contributed by atoms with E-state index in [2.05, 4.69) is 27.0 Å². The number of hydrogen-bond donors (Lipinski definition) is 0. The predicted octanol–water partition coefficient (Wildman–Crippen LogP) is 3.77. The van der Waals surface area contributed by atoms with Gasteiger partial charge < -0.3 is 14.2 Å². The summed E-state index contributed by atoms with van der Waals surface area (Å²) in [5.74, 6) is 0.172. The van der Waals surface area contributed by atoms with E-state index in [1.165, 1.54) is 0 Å². The number of Topliss-reactive ketones (excluding diaryl/α,β-unsaturated/α-hetero) is 1. The lowest BCUT2D eigenvalue weighted by molar-refractivity contribution is 0.0220. The van der Waals surface area contributed by atoms with Crippen LogP contribution < -0.4 is 0 Å². The van der Waals surface area contributed by atoms with E-state index >= 15 is 0 Å². The summed E-state index contributed by atoms with van der Waals surface area (Å²) < 4.78 is 7.91. The van der Waals surface area contributed by atoms with Crippen molar-refractivity contribution in [2.75, 3.05) is 6.54 Å². The molecule has 0 bridgehead atoms. The molecule has 2 heterocycles. The lowest BCUT2D eigenvalue weighted by Crippen LogP contribution is -2.40. The zero-order valence-electron chi connectivity index (χ0n) is 17.0. The molecule has 1 aromatic heterocycles. The Hall–Kier alpha value is -2.66. The van der Waals surface area contributed by atoms with E-state index in [0.717, 1.165) is 5.69 Å². The van der Waals surface area contributed by atoms with Crippen molar-refractivity contribution in [3.63, 3.8) is 0 Å². The Balaban J connectivity index is 1.81. The molecule has 0 aliphatic carbocycles. The minimum absolute atomic E-state index is 0.0852. The van der Waals surface area contributed by atoms with Gasteiger partial charge in [0, 0.05) is 36.6 Å². The summed E-state index contributed by atoms with van der Waals surface area (Å²) in [5.41, 5.74) is 2.20. The minimum atomic E-state index is -0.564. The maximum atomic E-state index is 12.9. The molecule has 0 unspecified atom stereocenters. The third-order valence-electron chi connectivity index (χ3n) is 4.72. The van der Waals surface area contributed by atoms with Crippen molar-refractivity contribution >= 4 is 27.8 Å². The fraction of sp³-hybridized carbons (Fsp3) is 0.429. The molecule has 8 heteroatoms. The number of ether oxygens (including phenoxy) is 1. The highest BCUT2D eigenvalue weighted by molar-refractivity contribution is 9.10. The number of amides is 1. The summed E-state index contributed by atoms with van der Waals surface area (Å²) in [6.45, 7) is 6.31. The van der Waals surface area contributed by atoms with Crippen LogP contribution in [0.4, 0.5) is 4.79 Å². The first-order valence-corrected chi connectivity index (χ1v) is 10.1. The van der Waals surface area contributed by atoms with Crippen molar-refractivity contribution in [3.8, 4) is 6.07 Å². The Morgan fingerprint density at radius 1 is 1.34 bits per heavy atom. The second-order valence-corrected chi connectivity index (χ2v) is 8.88. The van der Waals surface area contributed by atoms with Gasteiger partial charge >= 0.3 is 6.09 Å². The largest absolute Gasteiger partial charge is 0.444 e. The lowest BCUT2D eigenvalue weighted by Gasteiger charge is -2.29. The molecule has 1 aliphatic heterocycles. The van der Waals surface area contributed by atoms with Crippen LogP contribution in [0.3, 0.4) is 0 Å². The SMILES string of the molecule is Cn1c(C(=O)Cc2cccc(Br)c2C#N)nc2c1CCN(C(=O)OC(C)(C)C)C2. The number of rotatable bonds is 3. The number of hydrogen-bond acceptors (Lipinski definition) is 5. The fourth-order valence-corrected chi connectivity index (χ4v) is 3.85. The van der Waals surface area contributed by atoms with Gasteiger partial charge in [0.15, 0.2) is 5.82 Å². The molecule has 0 radical (unpaired) electrons. The molecule has 7 nitrogen and oxygen atoms in total. The van der Waals surface area contributed by atoms with Gasteiger partial charge in [0.2, 0.25) is 5.78 Å². The standard InChI is InChI=1S/C21H23BrN4O3/c1-21(2,3)29-20(28)26-9-8-17-16(12-26)24-19(25(17)4)18(27)10-13-6-5-7-15(22)14(13)11-23/h5-7H,8-10,12H2,1-4H3. The van der Waals surface area contributed by atoms with Crippen LogP contribution in [-0.2, 0) is 31.2 Å². The lowest BCUT2D eigenvalue weighted by atomic mass is 10.0. The summed E-state index contributed by atoms with van der Waals surface area (Å²) in [6.07, 6.45) is 0.308. The van der Waals surface area contributed by atoms with Crippen LogP contribution in [0, 0.1) is 11.3 Å². The third kappa shape index (κ3) is 4.51. The van der Waals surface area contributed by atoms with Gasteiger partial charge in [0.1, 0.15) is 11.7 Å². The molecule has 0 atom stereocenters. The molecule has 0 saturated carbocycles. The van der Waals surface area contributed by atoms with Crippen LogP contribution in [0.25, 0.3) is 0 Å². The molecule has 3 rings (SSSR count). The number of carbonyl (C=O) groups excluding carboxylic acids is 2. The van der Waals surface area contributed by atoms with E-state index < -0.39 is 5.60 Å². The van der Waals surface area contributed by atoms with Gasteiger partial charge in [0.25, 0.3) is 0 Å². The monoisotopic (exact) mass is 458 g/mol. The molecule has 0 fully saturated rings. The normalized spacial score (nSPS) is 13.6. The van der Waals surface area contributed by atoms with Crippen molar-refractivity contribution < 1.29 is 14.3 Å². The zero-order chi connectivity index (χ0) is 21.3. The summed E-state index contributed by atoms with van der Waals surface area (Å²) in [6, 6.07) is 7.49. The smallest absolute Gasteiger partial charge is 0.410 e. The van der Waals surface area contributed by atoms with Crippen LogP contribution in [0.2, 0.25) is 0 Å². The second-order valence-electron chi connectivity index (χ2n) is 8.03. The molecule has 1 amide bonds. The number of benzene rings is 1. The first kappa shape index (κ1) is 21.1. The van der Waals surface area contributed by atoms with E-state index in [0.29, 0.717) is 46.6 Å². The number of imidazole rings is 1. The van der Waals surface area contributed by atoms with Crippen LogP contribution in [-0.4, -0.2) is 38.5 Å². The molecule has 29 heavy (non-hydrogen) atoms. The highest BCUT2D eigenvalue weighted by atomic mass is 79.9. The number of nitrogens with zero attached hydrogens (tertiary/aromatic N) is 4. The van der Waals surface area contributed by atoms with E-state index in [1.807, 2.05) is 27.8 Å². The van der Waals surface area contributed by atoms with Gasteiger partial charge in [0.05, 0.1) is 17.8 Å². The van der Waals surface area contributed by atoms with Gasteiger partial charge in [-0.3, -0.25) is 4.79 Å². The van der Waals surface area contributed by atoms with Crippen molar-refractivity contribution in [1.29, 1.82) is 5.26 Å². The Morgan fingerprint density at radius 3 is 2.72 bits per heavy atom. The number of ketones is 1. The topological polar surface area (TPSA) is 88.2 Å². The summed E-state index contributed by atoms with van der Waals surface area (Å²) in [5, 5.41) is 9.37. The molecule has 0 saturated heterocycles. The minimum Gasteiger partial charge on any atom is -0.444 e. The van der Waals surface area contributed by atoms with Crippen LogP contribution in [0.5, 0.6) is 0 Å². The van der Waals surface area contributed by atoms with Gasteiger partial charge in [-0.1, -0.05) is 12.1 Å². The molecule has 2 aromatic rings. The number of nitriles is 1. The third-order valence-corrected chi connectivity index (χ3v) is 5.38. The zero-order valence-corrected chi connectivity index (χ0v) is 18.5. The summed E-state index contributed by atoms with van der Waals surface area (Å²) >= 11 is 3.35. The Morgan fingerprint density at radius 2 is 2.07 bits per heavy atom. The Kier molecular flexibility index (Phi) is 5.80. The van der Waals surface area contributed by atoms with Crippen molar-refractivity contribution in [3.05, 3.63) is 51.0 Å². The van der Waals surface area contributed by atoms with Crippen molar-refractivity contribution in [2.45, 2.75) is 45.8 Å². The van der Waals surface area contributed by atoms with Crippen LogP contribution in [0.1, 0.15) is 53.9 Å². The number of carbonyl (C=O) groups is 2. The van der Waals surface area contributed by atoms with E-state index in [4.69, 9.17) is 4.74 Å². The Labute approximate surface area is 178 Å². The van der Waals surface area contributed by atoms with Gasteiger partial charge in [-0.2, -0.15) is 5.26 Å². The number of halogens is 1. The first-order valence-electron chi connectivity index (χ1n) is 9.34. The maximum absolute atomic E-state index is 12.9. The average Bonchev–Trinajstić information content (AvgIpc) is 2.97. The average molecular weight is 459 g/mol. The predicted molar refractivity (Wildman–Crippen MR) is 110 cm³/mol. The highest BCUT2D eigenvalue weighted by Gasteiger charge is 2.30. The molecular formula is C21H23BrN4O3. The van der Waals surface area contributed by atoms with Crippen LogP contribution in [0.15, 0.2) is 22.7 Å². The summed E-state index contributed by atoms with van der Waals surface area (Å²) in [4.78, 5) is 31.4. The number of aromatic nitrogens is 2. The molecular weight excluding hydrogens is 436 g/mol. The molecule has 1 aliphatic rings. The second kappa shape index (κ2) is 7.99. The van der Waals surface area contributed by atoms with Gasteiger partial charge in [-0.15, -0.1) is 0 Å². The fourth-order valence-electron chi connectivity index (χ4n) is 3.35. The molecule has 1 aromatic carbocycles. The van der Waals surface area contributed by atoms with Crippen molar-refractivity contribution in [1.82, 2.24) is 14.5 Å².